The fourth-order valence-electron chi connectivity index (χ4n) is 4.06. The van der Waals surface area contributed by atoms with Gasteiger partial charge in [0.25, 0.3) is 0 Å². The van der Waals surface area contributed by atoms with Crippen LogP contribution in [-0.4, -0.2) is 55.2 Å². The number of imide groups is 1. The summed E-state index contributed by atoms with van der Waals surface area (Å²) in [6.45, 7) is 1.74. The van der Waals surface area contributed by atoms with Gasteiger partial charge in [0, 0.05) is 57.8 Å². The molecule has 8 nitrogen and oxygen atoms in total. The first kappa shape index (κ1) is 17.9. The van der Waals surface area contributed by atoms with E-state index in [1.807, 2.05) is 17.8 Å². The highest BCUT2D eigenvalue weighted by Crippen LogP contribution is 2.34. The average Bonchev–Trinajstić information content (AvgIpc) is 2.94. The molecule has 2 fully saturated rings. The standard InChI is InChI=1S/C19H24N4O4/c1-22-15-8-12(23-9-11(10-23)19(26-2)27-3)4-5-13(15)17(21-22)14-6-7-16(24)20-18(14)25/h4-5,8,11,14,19H,6-7,9-10H2,1-3H3,(H,20,24,25). The Labute approximate surface area is 157 Å². The second kappa shape index (κ2) is 6.94. The van der Waals surface area contributed by atoms with E-state index >= 15 is 0 Å². The third-order valence-corrected chi connectivity index (χ3v) is 5.56. The second-order valence-electron chi connectivity index (χ2n) is 7.22. The molecule has 1 aromatic carbocycles. The van der Waals surface area contributed by atoms with Crippen molar-refractivity contribution < 1.29 is 19.1 Å². The minimum absolute atomic E-state index is 0.180. The third kappa shape index (κ3) is 3.08. The first-order valence-corrected chi connectivity index (χ1v) is 9.12. The number of nitrogens with zero attached hydrogens (tertiary/aromatic N) is 3. The molecule has 2 aromatic rings. The van der Waals surface area contributed by atoms with E-state index in [-0.39, 0.29) is 24.0 Å². The van der Waals surface area contributed by atoms with E-state index in [9.17, 15) is 9.59 Å². The van der Waals surface area contributed by atoms with Crippen molar-refractivity contribution in [2.45, 2.75) is 25.0 Å². The summed E-state index contributed by atoms with van der Waals surface area (Å²) in [5.74, 6) is -0.501. The molecule has 0 spiro atoms. The summed E-state index contributed by atoms with van der Waals surface area (Å²) in [6, 6.07) is 6.18. The number of carbonyl (C=O) groups excluding carboxylic acids is 2. The molecule has 27 heavy (non-hydrogen) atoms. The first-order valence-electron chi connectivity index (χ1n) is 9.12. The second-order valence-corrected chi connectivity index (χ2v) is 7.22. The van der Waals surface area contributed by atoms with Gasteiger partial charge in [-0.3, -0.25) is 19.6 Å². The van der Waals surface area contributed by atoms with Gasteiger partial charge in [-0.1, -0.05) is 0 Å². The topological polar surface area (TPSA) is 85.7 Å². The van der Waals surface area contributed by atoms with Gasteiger partial charge in [0.05, 0.1) is 17.1 Å². The van der Waals surface area contributed by atoms with Crippen molar-refractivity contribution >= 4 is 28.4 Å². The molecular formula is C19H24N4O4. The van der Waals surface area contributed by atoms with Gasteiger partial charge in [-0.15, -0.1) is 0 Å². The lowest BCUT2D eigenvalue weighted by Gasteiger charge is -2.43. The molecule has 0 saturated carbocycles. The van der Waals surface area contributed by atoms with Gasteiger partial charge in [0.15, 0.2) is 6.29 Å². The lowest BCUT2D eigenvalue weighted by atomic mass is 9.92. The van der Waals surface area contributed by atoms with Crippen LogP contribution < -0.4 is 10.2 Å². The number of hydrogen-bond donors (Lipinski definition) is 1. The van der Waals surface area contributed by atoms with Crippen molar-refractivity contribution in [1.82, 2.24) is 15.1 Å². The van der Waals surface area contributed by atoms with E-state index in [1.165, 1.54) is 0 Å². The predicted molar refractivity (Wildman–Crippen MR) is 99.3 cm³/mol. The van der Waals surface area contributed by atoms with E-state index in [4.69, 9.17) is 9.47 Å². The summed E-state index contributed by atoms with van der Waals surface area (Å²) < 4.78 is 12.5. The minimum atomic E-state index is -0.380. The number of nitrogens with one attached hydrogen (secondary N) is 1. The van der Waals surface area contributed by atoms with Gasteiger partial charge in [0.1, 0.15) is 0 Å². The molecule has 0 aliphatic carbocycles. The highest BCUT2D eigenvalue weighted by Gasteiger charge is 2.35. The number of benzene rings is 1. The fourth-order valence-corrected chi connectivity index (χ4v) is 4.06. The highest BCUT2D eigenvalue weighted by molar-refractivity contribution is 6.02. The van der Waals surface area contributed by atoms with Crippen LogP contribution in [0, 0.1) is 5.92 Å². The van der Waals surface area contributed by atoms with Crippen LogP contribution in [0.2, 0.25) is 0 Å². The molecule has 2 aliphatic rings. The molecular weight excluding hydrogens is 348 g/mol. The van der Waals surface area contributed by atoms with Crippen molar-refractivity contribution in [1.29, 1.82) is 0 Å². The van der Waals surface area contributed by atoms with E-state index in [0.29, 0.717) is 18.8 Å². The Morgan fingerprint density at radius 1 is 1.22 bits per heavy atom. The molecule has 0 bridgehead atoms. The molecule has 2 amide bonds. The Morgan fingerprint density at radius 3 is 2.63 bits per heavy atom. The summed E-state index contributed by atoms with van der Waals surface area (Å²) >= 11 is 0. The monoisotopic (exact) mass is 372 g/mol. The molecule has 1 aromatic heterocycles. The lowest BCUT2D eigenvalue weighted by Crippen LogP contribution is -2.53. The summed E-state index contributed by atoms with van der Waals surface area (Å²) in [5, 5.41) is 7.96. The average molecular weight is 372 g/mol. The van der Waals surface area contributed by atoms with Crippen LogP contribution in [0.25, 0.3) is 10.9 Å². The number of methoxy groups -OCH3 is 2. The largest absolute Gasteiger partial charge is 0.370 e. The Morgan fingerprint density at radius 2 is 1.96 bits per heavy atom. The van der Waals surface area contributed by atoms with Crippen LogP contribution >= 0.6 is 0 Å². The highest BCUT2D eigenvalue weighted by atomic mass is 16.7. The number of fused-ring (bicyclic) bond motifs is 1. The van der Waals surface area contributed by atoms with E-state index in [0.717, 1.165) is 35.4 Å². The molecule has 144 valence electrons. The Balaban J connectivity index is 1.57. The van der Waals surface area contributed by atoms with Crippen LogP contribution in [0.3, 0.4) is 0 Å². The maximum atomic E-state index is 12.2. The van der Waals surface area contributed by atoms with Crippen LogP contribution in [0.4, 0.5) is 5.69 Å². The van der Waals surface area contributed by atoms with Gasteiger partial charge in [0.2, 0.25) is 11.8 Å². The minimum Gasteiger partial charge on any atom is -0.370 e. The van der Waals surface area contributed by atoms with E-state index in [1.54, 1.807) is 14.2 Å². The number of amides is 2. The zero-order valence-electron chi connectivity index (χ0n) is 15.8. The quantitative estimate of drug-likeness (QED) is 0.626. The number of ether oxygens (including phenoxy) is 2. The van der Waals surface area contributed by atoms with Crippen molar-refractivity contribution in [3.05, 3.63) is 23.9 Å². The molecule has 2 aliphatic heterocycles. The molecule has 1 N–H and O–H groups in total. The van der Waals surface area contributed by atoms with Crippen LogP contribution in [0.5, 0.6) is 0 Å². The predicted octanol–water partition coefficient (Wildman–Crippen LogP) is 1.15. The van der Waals surface area contributed by atoms with Gasteiger partial charge in [-0.25, -0.2) is 0 Å². The molecule has 1 unspecified atom stereocenters. The van der Waals surface area contributed by atoms with Gasteiger partial charge in [-0.05, 0) is 24.6 Å². The lowest BCUT2D eigenvalue weighted by molar-refractivity contribution is -0.142. The number of anilines is 1. The molecule has 0 radical (unpaired) electrons. The van der Waals surface area contributed by atoms with Gasteiger partial charge >= 0.3 is 0 Å². The summed E-state index contributed by atoms with van der Waals surface area (Å²) in [5.41, 5.74) is 2.83. The Kier molecular flexibility index (Phi) is 4.61. The van der Waals surface area contributed by atoms with E-state index < -0.39 is 0 Å². The van der Waals surface area contributed by atoms with Crippen molar-refractivity contribution in [2.75, 3.05) is 32.2 Å². The molecule has 2 saturated heterocycles. The summed E-state index contributed by atoms with van der Waals surface area (Å²) in [6.07, 6.45) is 0.671. The number of carbonyl (C=O) groups is 2. The van der Waals surface area contributed by atoms with Crippen molar-refractivity contribution in [3.63, 3.8) is 0 Å². The maximum Gasteiger partial charge on any atom is 0.235 e. The molecule has 3 heterocycles. The number of aromatic nitrogens is 2. The van der Waals surface area contributed by atoms with Crippen molar-refractivity contribution in [2.24, 2.45) is 13.0 Å². The summed E-state index contributed by atoms with van der Waals surface area (Å²) in [7, 11) is 5.20. The Bertz CT molecular complexity index is 883. The maximum absolute atomic E-state index is 12.2. The molecule has 1 atom stereocenters. The van der Waals surface area contributed by atoms with E-state index in [2.05, 4.69) is 27.4 Å². The van der Waals surface area contributed by atoms with Crippen LogP contribution in [-0.2, 0) is 26.1 Å². The number of hydrogen-bond acceptors (Lipinski definition) is 6. The zero-order valence-corrected chi connectivity index (χ0v) is 15.8. The normalized spacial score (nSPS) is 21.0. The number of rotatable bonds is 5. The van der Waals surface area contributed by atoms with Gasteiger partial charge < -0.3 is 14.4 Å². The third-order valence-electron chi connectivity index (χ3n) is 5.56. The zero-order chi connectivity index (χ0) is 19.1. The van der Waals surface area contributed by atoms with Crippen molar-refractivity contribution in [3.8, 4) is 0 Å². The SMILES string of the molecule is COC(OC)C1CN(c2ccc3c(C4CCC(=O)NC4=O)nn(C)c3c2)C1. The summed E-state index contributed by atoms with van der Waals surface area (Å²) in [4.78, 5) is 25.9. The first-order chi connectivity index (χ1) is 13.0. The fraction of sp³-hybridized carbons (Fsp3) is 0.526. The smallest absolute Gasteiger partial charge is 0.235 e. The van der Waals surface area contributed by atoms with Crippen LogP contribution in [0.15, 0.2) is 18.2 Å². The number of piperidine rings is 1. The Hall–Kier alpha value is -2.45. The van der Waals surface area contributed by atoms with Gasteiger partial charge in [-0.2, -0.15) is 5.10 Å². The van der Waals surface area contributed by atoms with Crippen LogP contribution in [0.1, 0.15) is 24.5 Å². The molecule has 4 rings (SSSR count). The number of aryl methyl sites for hydroxylation is 1. The molecule has 8 heteroatoms.